The van der Waals surface area contributed by atoms with E-state index in [4.69, 9.17) is 4.74 Å². The third kappa shape index (κ3) is 4.10. The zero-order chi connectivity index (χ0) is 16.9. The van der Waals surface area contributed by atoms with Crippen molar-refractivity contribution in [3.8, 4) is 5.75 Å². The lowest BCUT2D eigenvalue weighted by Crippen LogP contribution is -2.35. The van der Waals surface area contributed by atoms with Crippen LogP contribution in [0.2, 0.25) is 0 Å². The van der Waals surface area contributed by atoms with E-state index in [9.17, 15) is 0 Å². The molecule has 0 saturated carbocycles. The molecule has 134 valence electrons. The number of nitrogens with one attached hydrogen (secondary N) is 2. The number of hydrogen-bond acceptors (Lipinski definition) is 5. The van der Waals surface area contributed by atoms with Crippen molar-refractivity contribution in [2.75, 3.05) is 26.2 Å². The molecule has 2 fully saturated rings. The van der Waals surface area contributed by atoms with Gasteiger partial charge in [-0.1, -0.05) is 6.42 Å². The monoisotopic (exact) mass is 340 g/mol. The molecule has 1 atom stereocenters. The number of aromatic nitrogens is 2. The van der Waals surface area contributed by atoms with E-state index < -0.39 is 0 Å². The van der Waals surface area contributed by atoms with E-state index in [1.165, 1.54) is 30.3 Å². The maximum atomic E-state index is 5.99. The minimum Gasteiger partial charge on any atom is -0.493 e. The number of hydrogen-bond donors (Lipinski definition) is 2. The van der Waals surface area contributed by atoms with Crippen LogP contribution in [-0.2, 0) is 0 Å². The van der Waals surface area contributed by atoms with Crippen LogP contribution in [0, 0.1) is 0 Å². The summed E-state index contributed by atoms with van der Waals surface area (Å²) < 4.78 is 5.99. The molecule has 5 heteroatoms. The molecule has 5 nitrogen and oxygen atoms in total. The fourth-order valence-electron chi connectivity index (χ4n) is 4.06. The standard InChI is InChI=1S/C20H28N4O/c1-2-9-22-16(3-1)8-12-25-17-4-5-18-19(13-17)23-14-24-20(18)15-6-10-21-11-7-15/h4-5,13-16,21-22H,1-3,6-12H2. The molecule has 3 heterocycles. The Morgan fingerprint density at radius 1 is 1.04 bits per heavy atom. The first-order valence-corrected chi connectivity index (χ1v) is 9.72. The lowest BCUT2D eigenvalue weighted by Gasteiger charge is -2.23. The van der Waals surface area contributed by atoms with Crippen LogP contribution in [0.1, 0.15) is 50.1 Å². The Morgan fingerprint density at radius 2 is 1.96 bits per heavy atom. The predicted octanol–water partition coefficient (Wildman–Crippen LogP) is 3.01. The van der Waals surface area contributed by atoms with Gasteiger partial charge in [-0.15, -0.1) is 0 Å². The molecule has 4 rings (SSSR count). The summed E-state index contributed by atoms with van der Waals surface area (Å²) in [6.07, 6.45) is 8.99. The van der Waals surface area contributed by atoms with Crippen molar-refractivity contribution in [2.24, 2.45) is 0 Å². The van der Waals surface area contributed by atoms with Gasteiger partial charge in [0.05, 0.1) is 17.8 Å². The Morgan fingerprint density at radius 3 is 2.80 bits per heavy atom. The van der Waals surface area contributed by atoms with Gasteiger partial charge in [-0.2, -0.15) is 0 Å². The minimum absolute atomic E-state index is 0.538. The summed E-state index contributed by atoms with van der Waals surface area (Å²) in [5.74, 6) is 1.45. The van der Waals surface area contributed by atoms with Gasteiger partial charge in [0.15, 0.2) is 0 Å². The van der Waals surface area contributed by atoms with Gasteiger partial charge in [-0.3, -0.25) is 0 Å². The SMILES string of the molecule is c1nc(C2CCNCC2)c2ccc(OCCC3CCCCN3)cc2n1. The smallest absolute Gasteiger partial charge is 0.121 e. The first-order valence-electron chi connectivity index (χ1n) is 9.72. The summed E-state index contributed by atoms with van der Waals surface area (Å²) >= 11 is 0. The van der Waals surface area contributed by atoms with Gasteiger partial charge in [0.1, 0.15) is 12.1 Å². The molecule has 0 bridgehead atoms. The van der Waals surface area contributed by atoms with E-state index in [2.05, 4.69) is 38.8 Å². The van der Waals surface area contributed by atoms with Gasteiger partial charge < -0.3 is 15.4 Å². The van der Waals surface area contributed by atoms with Crippen molar-refractivity contribution in [1.82, 2.24) is 20.6 Å². The molecule has 2 saturated heterocycles. The zero-order valence-corrected chi connectivity index (χ0v) is 14.8. The lowest BCUT2D eigenvalue weighted by molar-refractivity contribution is 0.268. The number of fused-ring (bicyclic) bond motifs is 1. The van der Waals surface area contributed by atoms with Crippen LogP contribution in [0.4, 0.5) is 0 Å². The van der Waals surface area contributed by atoms with Gasteiger partial charge in [0.25, 0.3) is 0 Å². The molecule has 2 aromatic rings. The zero-order valence-electron chi connectivity index (χ0n) is 14.8. The summed E-state index contributed by atoms with van der Waals surface area (Å²) in [5, 5.41) is 8.17. The average molecular weight is 340 g/mol. The summed E-state index contributed by atoms with van der Waals surface area (Å²) in [7, 11) is 0. The molecule has 1 unspecified atom stereocenters. The Labute approximate surface area is 149 Å². The van der Waals surface area contributed by atoms with Gasteiger partial charge in [-0.05, 0) is 63.9 Å². The van der Waals surface area contributed by atoms with E-state index in [-0.39, 0.29) is 0 Å². The van der Waals surface area contributed by atoms with Crippen molar-refractivity contribution >= 4 is 10.9 Å². The van der Waals surface area contributed by atoms with Crippen molar-refractivity contribution in [3.63, 3.8) is 0 Å². The van der Waals surface area contributed by atoms with E-state index in [1.807, 2.05) is 0 Å². The van der Waals surface area contributed by atoms with Crippen LogP contribution in [0.25, 0.3) is 10.9 Å². The summed E-state index contributed by atoms with van der Waals surface area (Å²) in [6, 6.07) is 6.89. The molecule has 2 aliphatic heterocycles. The van der Waals surface area contributed by atoms with Gasteiger partial charge >= 0.3 is 0 Å². The third-order valence-corrected chi connectivity index (χ3v) is 5.51. The highest BCUT2D eigenvalue weighted by molar-refractivity contribution is 5.82. The molecular formula is C20H28N4O. The topological polar surface area (TPSA) is 59.1 Å². The highest BCUT2D eigenvalue weighted by Gasteiger charge is 2.19. The van der Waals surface area contributed by atoms with Crippen molar-refractivity contribution in [3.05, 3.63) is 30.2 Å². The van der Waals surface area contributed by atoms with Crippen LogP contribution in [0.3, 0.4) is 0 Å². The molecule has 2 N–H and O–H groups in total. The molecule has 1 aromatic carbocycles. The Balaban J connectivity index is 1.43. The summed E-state index contributed by atoms with van der Waals surface area (Å²) in [4.78, 5) is 9.07. The molecule has 0 aliphatic carbocycles. The second-order valence-corrected chi connectivity index (χ2v) is 7.25. The lowest BCUT2D eigenvalue weighted by atomic mass is 9.92. The van der Waals surface area contributed by atoms with E-state index in [1.54, 1.807) is 6.33 Å². The number of piperidine rings is 2. The predicted molar refractivity (Wildman–Crippen MR) is 100 cm³/mol. The Bertz CT molecular complexity index is 693. The first kappa shape index (κ1) is 16.7. The maximum absolute atomic E-state index is 5.99. The average Bonchev–Trinajstić information content (AvgIpc) is 2.69. The molecule has 2 aliphatic rings. The van der Waals surface area contributed by atoms with Crippen LogP contribution in [0.5, 0.6) is 5.75 Å². The fraction of sp³-hybridized carbons (Fsp3) is 0.600. The van der Waals surface area contributed by atoms with Crippen LogP contribution >= 0.6 is 0 Å². The van der Waals surface area contributed by atoms with Gasteiger partial charge in [0.2, 0.25) is 0 Å². The second kappa shape index (κ2) is 8.11. The molecule has 0 amide bonds. The third-order valence-electron chi connectivity index (χ3n) is 5.51. The minimum atomic E-state index is 0.538. The Kier molecular flexibility index (Phi) is 5.43. The van der Waals surface area contributed by atoms with Crippen LogP contribution < -0.4 is 15.4 Å². The van der Waals surface area contributed by atoms with Gasteiger partial charge in [-0.25, -0.2) is 9.97 Å². The van der Waals surface area contributed by atoms with E-state index in [0.717, 1.165) is 56.8 Å². The molecule has 0 radical (unpaired) electrons. The second-order valence-electron chi connectivity index (χ2n) is 7.25. The molecule has 1 aromatic heterocycles. The van der Waals surface area contributed by atoms with E-state index >= 15 is 0 Å². The molecule has 0 spiro atoms. The highest BCUT2D eigenvalue weighted by Crippen LogP contribution is 2.30. The maximum Gasteiger partial charge on any atom is 0.121 e. The van der Waals surface area contributed by atoms with Crippen LogP contribution in [0.15, 0.2) is 24.5 Å². The van der Waals surface area contributed by atoms with Crippen molar-refractivity contribution < 1.29 is 4.74 Å². The number of benzene rings is 1. The Hall–Kier alpha value is -1.72. The highest BCUT2D eigenvalue weighted by atomic mass is 16.5. The van der Waals surface area contributed by atoms with E-state index in [0.29, 0.717) is 12.0 Å². The summed E-state index contributed by atoms with van der Waals surface area (Å²) in [5.41, 5.74) is 2.20. The first-order chi connectivity index (χ1) is 12.4. The number of ether oxygens (including phenoxy) is 1. The number of nitrogens with zero attached hydrogens (tertiary/aromatic N) is 2. The van der Waals surface area contributed by atoms with Crippen molar-refractivity contribution in [1.29, 1.82) is 0 Å². The molecular weight excluding hydrogens is 312 g/mol. The van der Waals surface area contributed by atoms with Gasteiger partial charge in [0, 0.05) is 23.4 Å². The summed E-state index contributed by atoms with van der Waals surface area (Å²) in [6.45, 7) is 4.06. The van der Waals surface area contributed by atoms with Crippen molar-refractivity contribution in [2.45, 2.75) is 50.5 Å². The fourth-order valence-corrected chi connectivity index (χ4v) is 4.06. The quantitative estimate of drug-likeness (QED) is 0.876. The van der Waals surface area contributed by atoms with Crippen LogP contribution in [-0.4, -0.2) is 42.3 Å². The number of rotatable bonds is 5. The normalized spacial score (nSPS) is 22.2. The largest absolute Gasteiger partial charge is 0.493 e. The molecule has 25 heavy (non-hydrogen) atoms.